The van der Waals surface area contributed by atoms with Crippen LogP contribution in [-0.4, -0.2) is 10.8 Å². The van der Waals surface area contributed by atoms with Crippen molar-refractivity contribution in [3.8, 4) is 10.6 Å². The number of carbonyl (C=O) groups excluding carboxylic acids is 1. The number of thiazole rings is 1. The van der Waals surface area contributed by atoms with Crippen molar-refractivity contribution in [3.05, 3.63) is 45.9 Å². The molecule has 6 rings (SSSR count). The molecule has 2 aromatic rings. The largest absolute Gasteiger partial charge is 0.299 e. The van der Waals surface area contributed by atoms with Gasteiger partial charge in [-0.05, 0) is 79.4 Å². The van der Waals surface area contributed by atoms with Crippen molar-refractivity contribution in [3.63, 3.8) is 0 Å². The molecule has 2 nitrogen and oxygen atoms in total. The second kappa shape index (κ2) is 6.53. The van der Waals surface area contributed by atoms with E-state index in [9.17, 15) is 4.79 Å². The van der Waals surface area contributed by atoms with Crippen LogP contribution in [0.2, 0.25) is 5.02 Å². The van der Waals surface area contributed by atoms with E-state index in [0.29, 0.717) is 23.5 Å². The van der Waals surface area contributed by atoms with Crippen LogP contribution in [0.4, 0.5) is 0 Å². The summed E-state index contributed by atoms with van der Waals surface area (Å²) in [6.45, 7) is 4.76. The zero-order valence-corrected chi connectivity index (χ0v) is 19.3. The van der Waals surface area contributed by atoms with Crippen molar-refractivity contribution in [1.82, 2.24) is 4.98 Å². The van der Waals surface area contributed by atoms with Crippen LogP contribution in [0.25, 0.3) is 16.1 Å². The number of hydrogen-bond acceptors (Lipinski definition) is 3. The fourth-order valence-corrected chi connectivity index (χ4v) is 8.66. The molecule has 0 amide bonds. The van der Waals surface area contributed by atoms with Crippen LogP contribution < -0.4 is 0 Å². The lowest BCUT2D eigenvalue weighted by Gasteiger charge is -2.55. The lowest BCUT2D eigenvalue weighted by atomic mass is 9.48. The lowest BCUT2D eigenvalue weighted by molar-refractivity contribution is -0.131. The number of halogens is 1. The van der Waals surface area contributed by atoms with Gasteiger partial charge in [-0.1, -0.05) is 43.7 Å². The zero-order chi connectivity index (χ0) is 20.7. The quantitative estimate of drug-likeness (QED) is 0.471. The van der Waals surface area contributed by atoms with Gasteiger partial charge in [0.15, 0.2) is 0 Å². The molecule has 30 heavy (non-hydrogen) atoms. The van der Waals surface area contributed by atoms with Crippen molar-refractivity contribution >= 4 is 34.3 Å². The van der Waals surface area contributed by atoms with Crippen LogP contribution in [0.1, 0.15) is 62.9 Å². The normalized spacial score (nSPS) is 37.1. The Balaban J connectivity index is 1.40. The molecule has 0 aliphatic heterocycles. The fourth-order valence-electron chi connectivity index (χ4n) is 7.40. The van der Waals surface area contributed by atoms with Gasteiger partial charge in [0.25, 0.3) is 0 Å². The first-order chi connectivity index (χ1) is 14.4. The highest BCUT2D eigenvalue weighted by Gasteiger charge is 2.58. The molecule has 2 fully saturated rings. The number of nitrogens with zero attached hydrogens (tertiary/aromatic N) is 1. The third-order valence-corrected chi connectivity index (χ3v) is 10.5. The highest BCUT2D eigenvalue weighted by molar-refractivity contribution is 7.15. The van der Waals surface area contributed by atoms with Crippen molar-refractivity contribution in [2.24, 2.45) is 28.6 Å². The molecular weight excluding hydrogens is 410 g/mol. The predicted molar refractivity (Wildman–Crippen MR) is 124 cm³/mol. The van der Waals surface area contributed by atoms with E-state index in [-0.39, 0.29) is 10.8 Å². The van der Waals surface area contributed by atoms with Gasteiger partial charge in [0.05, 0.1) is 5.69 Å². The summed E-state index contributed by atoms with van der Waals surface area (Å²) in [4.78, 5) is 19.3. The van der Waals surface area contributed by atoms with E-state index in [0.717, 1.165) is 47.7 Å². The van der Waals surface area contributed by atoms with Gasteiger partial charge in [0.1, 0.15) is 10.8 Å². The Kier molecular flexibility index (Phi) is 4.19. The Morgan fingerprint density at radius 1 is 1.10 bits per heavy atom. The summed E-state index contributed by atoms with van der Waals surface area (Å²) in [7, 11) is 0. The molecule has 0 spiro atoms. The van der Waals surface area contributed by atoms with Gasteiger partial charge in [-0.25, -0.2) is 4.98 Å². The van der Waals surface area contributed by atoms with E-state index in [1.165, 1.54) is 29.0 Å². The summed E-state index contributed by atoms with van der Waals surface area (Å²) in [6, 6.07) is 8.06. The summed E-state index contributed by atoms with van der Waals surface area (Å²) >= 11 is 8.08. The van der Waals surface area contributed by atoms with Crippen LogP contribution in [-0.2, 0) is 11.2 Å². The van der Waals surface area contributed by atoms with E-state index >= 15 is 0 Å². The summed E-state index contributed by atoms with van der Waals surface area (Å²) in [5.41, 5.74) is 4.00. The number of aryl methyl sites for hydroxylation is 1. The highest BCUT2D eigenvalue weighted by atomic mass is 35.5. The number of ketones is 1. The maximum absolute atomic E-state index is 12.7. The van der Waals surface area contributed by atoms with Crippen LogP contribution in [0.3, 0.4) is 0 Å². The average molecular weight is 438 g/mol. The summed E-state index contributed by atoms with van der Waals surface area (Å²) in [5, 5.41) is 1.86. The molecule has 0 bridgehead atoms. The number of carbonyl (C=O) groups is 1. The average Bonchev–Trinajstić information content (AvgIpc) is 3.29. The molecule has 4 aliphatic carbocycles. The van der Waals surface area contributed by atoms with E-state index in [2.05, 4.69) is 26.0 Å². The van der Waals surface area contributed by atoms with Gasteiger partial charge in [-0.3, -0.25) is 4.79 Å². The minimum atomic E-state index is -0.0525. The molecule has 0 N–H and O–H groups in total. The van der Waals surface area contributed by atoms with Gasteiger partial charge in [-0.2, -0.15) is 0 Å². The van der Waals surface area contributed by atoms with Gasteiger partial charge in [0, 0.05) is 27.3 Å². The van der Waals surface area contributed by atoms with Gasteiger partial charge >= 0.3 is 0 Å². The Labute approximate surface area is 187 Å². The molecule has 1 aromatic heterocycles. The number of hydrogen-bond donors (Lipinski definition) is 0. The van der Waals surface area contributed by atoms with Crippen molar-refractivity contribution in [2.45, 2.75) is 58.8 Å². The topological polar surface area (TPSA) is 30.0 Å². The van der Waals surface area contributed by atoms with Crippen LogP contribution in [0.5, 0.6) is 0 Å². The maximum Gasteiger partial charge on any atom is 0.139 e. The molecule has 4 aliphatic rings. The predicted octanol–water partition coefficient (Wildman–Crippen LogP) is 7.21. The maximum atomic E-state index is 12.7. The molecule has 2 saturated carbocycles. The first-order valence-electron chi connectivity index (χ1n) is 11.4. The third kappa shape index (κ3) is 2.54. The summed E-state index contributed by atoms with van der Waals surface area (Å²) < 4.78 is 0. The third-order valence-electron chi connectivity index (χ3n) is 9.07. The first-order valence-corrected chi connectivity index (χ1v) is 12.6. The molecule has 0 saturated heterocycles. The number of allylic oxidation sites excluding steroid dienone is 2. The van der Waals surface area contributed by atoms with Crippen molar-refractivity contribution in [2.75, 3.05) is 0 Å². The monoisotopic (exact) mass is 437 g/mol. The van der Waals surface area contributed by atoms with Gasteiger partial charge < -0.3 is 0 Å². The number of rotatable bonds is 1. The van der Waals surface area contributed by atoms with E-state index in [1.54, 1.807) is 0 Å². The molecule has 0 unspecified atom stereocenters. The number of fused-ring (bicyclic) bond motifs is 7. The van der Waals surface area contributed by atoms with E-state index < -0.39 is 0 Å². The highest BCUT2D eigenvalue weighted by Crippen LogP contribution is 2.65. The lowest BCUT2D eigenvalue weighted by Crippen LogP contribution is -2.49. The Morgan fingerprint density at radius 2 is 1.93 bits per heavy atom. The smallest absolute Gasteiger partial charge is 0.139 e. The van der Waals surface area contributed by atoms with Crippen LogP contribution in [0, 0.1) is 28.6 Å². The zero-order valence-electron chi connectivity index (χ0n) is 17.7. The van der Waals surface area contributed by atoms with Gasteiger partial charge in [0.2, 0.25) is 0 Å². The van der Waals surface area contributed by atoms with Crippen molar-refractivity contribution < 1.29 is 4.79 Å². The van der Waals surface area contributed by atoms with E-state index in [4.69, 9.17) is 16.6 Å². The number of Topliss-reactive ketones (excluding diaryl/α,β-unsaturated/α-hetero) is 1. The second-order valence-electron chi connectivity index (χ2n) is 10.4. The SMILES string of the molecule is C[C@]12CCc3sc(-c4cccc(Cl)c4)nc3C1=CC[C@@H]1[C@@H]2CC[C@]2(C)C(=O)CC[C@@H]12. The van der Waals surface area contributed by atoms with Crippen molar-refractivity contribution in [1.29, 1.82) is 0 Å². The molecular formula is C26H28ClNOS. The standard InChI is InChI=1S/C26H28ClNOS/c1-25-13-11-21-23(28-24(30-21)15-4-3-5-16(27)14-15)20(25)7-6-17-18-8-9-22(29)26(18,2)12-10-19(17)25/h3-5,7,14,17-19H,6,8-13H2,1-2H3/t17-,18-,19-,25+,26-/m0/s1. The second-order valence-corrected chi connectivity index (χ2v) is 11.9. The summed E-state index contributed by atoms with van der Waals surface area (Å²) in [5.74, 6) is 2.46. The molecule has 156 valence electrons. The van der Waals surface area contributed by atoms with E-state index in [1.807, 2.05) is 29.5 Å². The minimum absolute atomic E-state index is 0.0525. The van der Waals surface area contributed by atoms with Crippen LogP contribution in [0.15, 0.2) is 30.3 Å². The fraction of sp³-hybridized carbons (Fsp3) is 0.538. The van der Waals surface area contributed by atoms with Crippen LogP contribution >= 0.6 is 22.9 Å². The molecule has 5 atom stereocenters. The Bertz CT molecular complexity index is 1090. The van der Waals surface area contributed by atoms with Gasteiger partial charge in [-0.15, -0.1) is 11.3 Å². The summed E-state index contributed by atoms with van der Waals surface area (Å²) in [6.07, 6.45) is 10.1. The number of benzene rings is 1. The molecule has 0 radical (unpaired) electrons. The molecule has 4 heteroatoms. The minimum Gasteiger partial charge on any atom is -0.299 e. The number of aromatic nitrogens is 1. The molecule has 1 heterocycles. The molecule has 1 aromatic carbocycles. The Morgan fingerprint density at radius 3 is 2.77 bits per heavy atom. The first kappa shape index (κ1) is 19.3. The Hall–Kier alpha value is -1.45.